The Kier molecular flexibility index (Phi) is 4.11. The summed E-state index contributed by atoms with van der Waals surface area (Å²) in [6, 6.07) is 0. The second-order valence-electron chi connectivity index (χ2n) is 2.11. The summed E-state index contributed by atoms with van der Waals surface area (Å²) in [5.74, 6) is -1.06. The topological polar surface area (TPSA) is 54.4 Å². The van der Waals surface area contributed by atoms with Crippen molar-refractivity contribution in [3.8, 4) is 0 Å². The number of carbonyl (C=O) groups excluding carboxylic acids is 1. The number of carbonyl (C=O) groups is 2. The van der Waals surface area contributed by atoms with E-state index in [-0.39, 0.29) is 16.8 Å². The first kappa shape index (κ1) is 9.49. The number of carboxylic acids is 1. The smallest absolute Gasteiger partial charge is 0.311 e. The van der Waals surface area contributed by atoms with Crippen LogP contribution in [-0.4, -0.2) is 21.4 Å². The quantitative estimate of drug-likeness (QED) is 0.632. The molecule has 0 aromatic heterocycles. The molecule has 0 spiro atoms. The van der Waals surface area contributed by atoms with E-state index in [1.165, 1.54) is 0 Å². The SMILES string of the molecule is CC(C)SC(=O)CC(=O)O. The minimum absolute atomic E-state index is 0.173. The molecule has 0 aromatic rings. The summed E-state index contributed by atoms with van der Waals surface area (Å²) < 4.78 is 0. The summed E-state index contributed by atoms with van der Waals surface area (Å²) in [6.07, 6.45) is -0.372. The van der Waals surface area contributed by atoms with Crippen LogP contribution in [0.25, 0.3) is 0 Å². The van der Waals surface area contributed by atoms with Crippen molar-refractivity contribution in [1.82, 2.24) is 0 Å². The highest BCUT2D eigenvalue weighted by molar-refractivity contribution is 8.14. The van der Waals surface area contributed by atoms with Crippen molar-refractivity contribution in [2.75, 3.05) is 0 Å². The second kappa shape index (κ2) is 4.33. The Morgan fingerprint density at radius 3 is 2.30 bits per heavy atom. The van der Waals surface area contributed by atoms with E-state index in [9.17, 15) is 9.59 Å². The predicted octanol–water partition coefficient (Wildman–Crippen LogP) is 1.13. The zero-order valence-electron chi connectivity index (χ0n) is 5.96. The van der Waals surface area contributed by atoms with E-state index in [1.807, 2.05) is 13.8 Å². The summed E-state index contributed by atoms with van der Waals surface area (Å²) in [5.41, 5.74) is 0. The third kappa shape index (κ3) is 5.62. The summed E-state index contributed by atoms with van der Waals surface area (Å²) >= 11 is 1.06. The summed E-state index contributed by atoms with van der Waals surface area (Å²) in [6.45, 7) is 3.70. The van der Waals surface area contributed by atoms with E-state index in [4.69, 9.17) is 5.11 Å². The third-order valence-corrected chi connectivity index (χ3v) is 1.54. The highest BCUT2D eigenvalue weighted by Crippen LogP contribution is 2.11. The predicted molar refractivity (Wildman–Crippen MR) is 40.0 cm³/mol. The fourth-order valence-electron chi connectivity index (χ4n) is 0.428. The van der Waals surface area contributed by atoms with E-state index in [0.29, 0.717) is 0 Å². The molecule has 0 aliphatic heterocycles. The molecule has 0 unspecified atom stereocenters. The van der Waals surface area contributed by atoms with Crippen molar-refractivity contribution in [1.29, 1.82) is 0 Å². The first-order valence-electron chi connectivity index (χ1n) is 2.93. The largest absolute Gasteiger partial charge is 0.481 e. The molecule has 0 aliphatic rings. The van der Waals surface area contributed by atoms with Gasteiger partial charge < -0.3 is 5.11 Å². The van der Waals surface area contributed by atoms with Crippen LogP contribution in [0.4, 0.5) is 0 Å². The maximum absolute atomic E-state index is 10.6. The Labute approximate surface area is 63.8 Å². The van der Waals surface area contributed by atoms with Crippen LogP contribution in [0.3, 0.4) is 0 Å². The molecule has 0 fully saturated rings. The number of aliphatic carboxylic acids is 1. The molecule has 0 radical (unpaired) electrons. The van der Waals surface area contributed by atoms with Gasteiger partial charge in [0.15, 0.2) is 5.12 Å². The van der Waals surface area contributed by atoms with Gasteiger partial charge >= 0.3 is 5.97 Å². The van der Waals surface area contributed by atoms with Gasteiger partial charge in [0, 0.05) is 5.25 Å². The van der Waals surface area contributed by atoms with E-state index >= 15 is 0 Å². The lowest BCUT2D eigenvalue weighted by atomic mass is 10.5. The van der Waals surface area contributed by atoms with E-state index in [0.717, 1.165) is 11.8 Å². The van der Waals surface area contributed by atoms with Gasteiger partial charge in [-0.3, -0.25) is 9.59 Å². The molecule has 0 saturated heterocycles. The van der Waals surface area contributed by atoms with Crippen LogP contribution in [-0.2, 0) is 9.59 Å². The van der Waals surface area contributed by atoms with Gasteiger partial charge in [-0.1, -0.05) is 25.6 Å². The molecule has 10 heavy (non-hydrogen) atoms. The van der Waals surface area contributed by atoms with Crippen molar-refractivity contribution in [2.45, 2.75) is 25.5 Å². The summed E-state index contributed by atoms with van der Waals surface area (Å²) in [4.78, 5) is 20.6. The van der Waals surface area contributed by atoms with Crippen LogP contribution in [0, 0.1) is 0 Å². The first-order chi connectivity index (χ1) is 4.52. The molecule has 1 N–H and O–H groups in total. The molecule has 0 aromatic carbocycles. The number of carboxylic acid groups (broad SMARTS) is 1. The van der Waals surface area contributed by atoms with Crippen molar-refractivity contribution in [3.63, 3.8) is 0 Å². The molecular formula is C6H10O3S. The van der Waals surface area contributed by atoms with E-state index in [1.54, 1.807) is 0 Å². The molecule has 0 aliphatic carbocycles. The van der Waals surface area contributed by atoms with E-state index < -0.39 is 5.97 Å². The zero-order valence-corrected chi connectivity index (χ0v) is 6.77. The molecule has 0 bridgehead atoms. The molecule has 4 heteroatoms. The van der Waals surface area contributed by atoms with Crippen molar-refractivity contribution >= 4 is 22.8 Å². The van der Waals surface area contributed by atoms with Crippen molar-refractivity contribution < 1.29 is 14.7 Å². The summed E-state index contributed by atoms with van der Waals surface area (Å²) in [5, 5.41) is 8.06. The van der Waals surface area contributed by atoms with Gasteiger partial charge in [0.05, 0.1) is 0 Å². The fraction of sp³-hybridized carbons (Fsp3) is 0.667. The average Bonchev–Trinajstić information content (AvgIpc) is 1.58. The number of thioether (sulfide) groups is 1. The molecule has 0 atom stereocenters. The van der Waals surface area contributed by atoms with Gasteiger partial charge in [-0.25, -0.2) is 0 Å². The minimum atomic E-state index is -1.06. The zero-order chi connectivity index (χ0) is 8.15. The maximum Gasteiger partial charge on any atom is 0.311 e. The Bertz CT molecular complexity index is 142. The molecule has 0 rings (SSSR count). The molecule has 0 heterocycles. The fourth-order valence-corrected chi connectivity index (χ4v) is 1.16. The standard InChI is InChI=1S/C6H10O3S/c1-4(2)10-6(9)3-5(7)8/h4H,3H2,1-2H3,(H,7,8). The number of rotatable bonds is 3. The average molecular weight is 162 g/mol. The number of hydrogen-bond acceptors (Lipinski definition) is 3. The third-order valence-electron chi connectivity index (χ3n) is 0.663. The Hall–Kier alpha value is -0.510. The first-order valence-corrected chi connectivity index (χ1v) is 3.81. The van der Waals surface area contributed by atoms with Gasteiger partial charge in [0.1, 0.15) is 6.42 Å². The van der Waals surface area contributed by atoms with Gasteiger partial charge in [-0.2, -0.15) is 0 Å². The molecular weight excluding hydrogens is 152 g/mol. The Morgan fingerprint density at radius 2 is 2.00 bits per heavy atom. The summed E-state index contributed by atoms with van der Waals surface area (Å²) in [7, 11) is 0. The van der Waals surface area contributed by atoms with Crippen LogP contribution in [0.15, 0.2) is 0 Å². The highest BCUT2D eigenvalue weighted by Gasteiger charge is 2.09. The van der Waals surface area contributed by atoms with Crippen LogP contribution in [0.2, 0.25) is 0 Å². The van der Waals surface area contributed by atoms with Gasteiger partial charge in [-0.05, 0) is 0 Å². The normalized spacial score (nSPS) is 9.90. The molecule has 0 saturated carbocycles. The second-order valence-corrected chi connectivity index (χ2v) is 3.74. The van der Waals surface area contributed by atoms with Crippen molar-refractivity contribution in [2.24, 2.45) is 0 Å². The lowest BCUT2D eigenvalue weighted by Crippen LogP contribution is -2.05. The maximum atomic E-state index is 10.6. The van der Waals surface area contributed by atoms with Crippen LogP contribution < -0.4 is 0 Å². The molecule has 3 nitrogen and oxygen atoms in total. The molecule has 58 valence electrons. The number of hydrogen-bond donors (Lipinski definition) is 1. The van der Waals surface area contributed by atoms with Crippen molar-refractivity contribution in [3.05, 3.63) is 0 Å². The Morgan fingerprint density at radius 1 is 1.50 bits per heavy atom. The van der Waals surface area contributed by atoms with Gasteiger partial charge in [0.2, 0.25) is 0 Å². The monoisotopic (exact) mass is 162 g/mol. The van der Waals surface area contributed by atoms with Gasteiger partial charge in [0.25, 0.3) is 0 Å². The van der Waals surface area contributed by atoms with Crippen LogP contribution in [0.5, 0.6) is 0 Å². The van der Waals surface area contributed by atoms with Crippen LogP contribution >= 0.6 is 11.8 Å². The minimum Gasteiger partial charge on any atom is -0.481 e. The lowest BCUT2D eigenvalue weighted by molar-refractivity contribution is -0.138. The van der Waals surface area contributed by atoms with Crippen LogP contribution in [0.1, 0.15) is 20.3 Å². The lowest BCUT2D eigenvalue weighted by Gasteiger charge is -1.99. The van der Waals surface area contributed by atoms with E-state index in [2.05, 4.69) is 0 Å². The highest BCUT2D eigenvalue weighted by atomic mass is 32.2. The molecule has 0 amide bonds. The Balaban J connectivity index is 3.54. The van der Waals surface area contributed by atoms with Gasteiger partial charge in [-0.15, -0.1) is 0 Å².